The minimum Gasteiger partial charge on any atom is -0.232 e. The molecule has 1 aromatic heterocycles. The molecule has 0 N–H and O–H groups in total. The molecule has 0 aliphatic carbocycles. The molecular weight excluding hydrogens is 172 g/mol. The number of hydrogen-bond acceptors (Lipinski definition) is 0. The van der Waals surface area contributed by atoms with E-state index < -0.39 is 0 Å². The van der Waals surface area contributed by atoms with Crippen molar-refractivity contribution in [3.63, 3.8) is 0 Å². The Hall–Kier alpha value is -1.83. The Kier molecular flexibility index (Phi) is 2.19. The first-order valence-electron chi connectivity index (χ1n) is 4.57. The summed E-state index contributed by atoms with van der Waals surface area (Å²) in [6, 6.07) is 10.3. The van der Waals surface area contributed by atoms with E-state index in [1.807, 2.05) is 48.4 Å². The number of aryl methyl sites for hydroxylation is 1. The fourth-order valence-corrected chi connectivity index (χ4v) is 1.58. The van der Waals surface area contributed by atoms with Crippen molar-refractivity contribution >= 4 is 6.20 Å². The molecule has 0 bridgehead atoms. The lowest BCUT2D eigenvalue weighted by atomic mass is 10.2. The molecule has 2 rings (SSSR count). The van der Waals surface area contributed by atoms with E-state index in [0.717, 1.165) is 5.82 Å². The fourth-order valence-electron chi connectivity index (χ4n) is 1.58. The highest BCUT2D eigenvalue weighted by atomic mass is 15.1. The molecule has 0 saturated heterocycles. The van der Waals surface area contributed by atoms with Gasteiger partial charge < -0.3 is 0 Å². The molecule has 0 saturated carbocycles. The molecule has 1 heterocycles. The van der Waals surface area contributed by atoms with Crippen molar-refractivity contribution in [3.05, 3.63) is 49.3 Å². The van der Waals surface area contributed by atoms with Crippen LogP contribution in [0.1, 0.15) is 0 Å². The molecule has 0 aliphatic heterocycles. The van der Waals surface area contributed by atoms with Crippen LogP contribution in [0.5, 0.6) is 0 Å². The molecule has 0 spiro atoms. The zero-order chi connectivity index (χ0) is 9.97. The highest BCUT2D eigenvalue weighted by molar-refractivity contribution is 5.54. The van der Waals surface area contributed by atoms with Crippen molar-refractivity contribution in [3.8, 4) is 11.4 Å². The number of imidazole rings is 1. The lowest BCUT2D eigenvalue weighted by Crippen LogP contribution is -2.28. The second kappa shape index (κ2) is 3.50. The van der Waals surface area contributed by atoms with Crippen LogP contribution in [0.2, 0.25) is 0 Å². The van der Waals surface area contributed by atoms with Crippen LogP contribution >= 0.6 is 0 Å². The zero-order valence-corrected chi connectivity index (χ0v) is 8.22. The maximum Gasteiger partial charge on any atom is 0.293 e. The van der Waals surface area contributed by atoms with E-state index in [1.54, 1.807) is 0 Å². The number of hydrogen-bond donors (Lipinski definition) is 0. The van der Waals surface area contributed by atoms with Crippen LogP contribution in [0, 0.1) is 0 Å². The summed E-state index contributed by atoms with van der Waals surface area (Å²) in [7, 11) is 2.03. The van der Waals surface area contributed by atoms with E-state index in [0.29, 0.717) is 0 Å². The first-order chi connectivity index (χ1) is 6.83. The Morgan fingerprint density at radius 2 is 2.00 bits per heavy atom. The van der Waals surface area contributed by atoms with E-state index in [1.165, 1.54) is 5.56 Å². The summed E-state index contributed by atoms with van der Waals surface area (Å²) >= 11 is 0. The second-order valence-corrected chi connectivity index (χ2v) is 3.19. The molecule has 2 heteroatoms. The third kappa shape index (κ3) is 1.35. The number of aromatic nitrogens is 2. The summed E-state index contributed by atoms with van der Waals surface area (Å²) in [5, 5.41) is 0. The molecular formula is C12H13N2+. The Bertz CT molecular complexity index is 441. The summed E-state index contributed by atoms with van der Waals surface area (Å²) in [4.78, 5) is 0. The van der Waals surface area contributed by atoms with Gasteiger partial charge in [0, 0.05) is 0 Å². The topological polar surface area (TPSA) is 8.81 Å². The molecule has 0 aliphatic rings. The van der Waals surface area contributed by atoms with E-state index in [4.69, 9.17) is 0 Å². The van der Waals surface area contributed by atoms with E-state index >= 15 is 0 Å². The van der Waals surface area contributed by atoms with Crippen LogP contribution in [0.15, 0.2) is 49.3 Å². The summed E-state index contributed by atoms with van der Waals surface area (Å²) in [5.41, 5.74) is 1.19. The Labute approximate surface area is 83.7 Å². The van der Waals surface area contributed by atoms with Crippen molar-refractivity contribution < 1.29 is 4.57 Å². The van der Waals surface area contributed by atoms with Crippen molar-refractivity contribution in [1.82, 2.24) is 4.57 Å². The fraction of sp³-hybridized carbons (Fsp3) is 0.0833. The summed E-state index contributed by atoms with van der Waals surface area (Å²) in [6.07, 6.45) is 5.82. The van der Waals surface area contributed by atoms with Crippen LogP contribution in [-0.4, -0.2) is 4.57 Å². The average molecular weight is 185 g/mol. The number of nitrogens with zero attached hydrogens (tertiary/aromatic N) is 2. The molecule has 2 nitrogen and oxygen atoms in total. The molecule has 70 valence electrons. The maximum atomic E-state index is 3.78. The second-order valence-electron chi connectivity index (χ2n) is 3.19. The van der Waals surface area contributed by atoms with Gasteiger partial charge in [-0.1, -0.05) is 24.8 Å². The largest absolute Gasteiger partial charge is 0.293 e. The van der Waals surface area contributed by atoms with Crippen molar-refractivity contribution in [2.45, 2.75) is 0 Å². The molecule has 0 fully saturated rings. The minimum absolute atomic E-state index is 1.14. The summed E-state index contributed by atoms with van der Waals surface area (Å²) < 4.78 is 4.09. The van der Waals surface area contributed by atoms with Gasteiger partial charge in [0.25, 0.3) is 5.82 Å². The Morgan fingerprint density at radius 3 is 2.64 bits per heavy atom. The van der Waals surface area contributed by atoms with Crippen LogP contribution < -0.4 is 4.57 Å². The third-order valence-electron chi connectivity index (χ3n) is 2.26. The van der Waals surface area contributed by atoms with Crippen molar-refractivity contribution in [2.24, 2.45) is 7.05 Å². The predicted molar refractivity (Wildman–Crippen MR) is 57.4 cm³/mol. The van der Waals surface area contributed by atoms with Gasteiger partial charge in [-0.25, -0.2) is 9.13 Å². The van der Waals surface area contributed by atoms with E-state index in [2.05, 4.69) is 23.3 Å². The zero-order valence-electron chi connectivity index (χ0n) is 8.22. The normalized spacial score (nSPS) is 10.1. The van der Waals surface area contributed by atoms with E-state index in [9.17, 15) is 0 Å². The van der Waals surface area contributed by atoms with Crippen molar-refractivity contribution in [1.29, 1.82) is 0 Å². The van der Waals surface area contributed by atoms with E-state index in [-0.39, 0.29) is 0 Å². The highest BCUT2D eigenvalue weighted by Crippen LogP contribution is 2.14. The quantitative estimate of drug-likeness (QED) is 0.633. The van der Waals surface area contributed by atoms with Gasteiger partial charge in [-0.2, -0.15) is 0 Å². The highest BCUT2D eigenvalue weighted by Gasteiger charge is 2.13. The van der Waals surface area contributed by atoms with Gasteiger partial charge in [0.1, 0.15) is 12.4 Å². The standard InChI is InChI=1S/C12H13N2/c1-3-14-10-9-13(2)12(14)11-7-5-4-6-8-11/h3-10H,1H2,2H3/q+1. The first-order valence-corrected chi connectivity index (χ1v) is 4.57. The SMILES string of the molecule is C=Cn1cc[n+](C)c1-c1ccccc1. The van der Waals surface area contributed by atoms with Crippen LogP contribution in [0.4, 0.5) is 0 Å². The molecule has 2 aromatic rings. The maximum absolute atomic E-state index is 3.78. The monoisotopic (exact) mass is 185 g/mol. The lowest BCUT2D eigenvalue weighted by Gasteiger charge is -1.97. The smallest absolute Gasteiger partial charge is 0.232 e. The Balaban J connectivity index is 2.61. The van der Waals surface area contributed by atoms with Crippen LogP contribution in [0.3, 0.4) is 0 Å². The van der Waals surface area contributed by atoms with Gasteiger partial charge >= 0.3 is 0 Å². The molecule has 0 unspecified atom stereocenters. The summed E-state index contributed by atoms with van der Waals surface area (Å²) in [6.45, 7) is 3.78. The van der Waals surface area contributed by atoms with Crippen LogP contribution in [-0.2, 0) is 7.05 Å². The van der Waals surface area contributed by atoms with Gasteiger partial charge in [0.15, 0.2) is 0 Å². The minimum atomic E-state index is 1.14. The molecule has 0 atom stereocenters. The van der Waals surface area contributed by atoms with Gasteiger partial charge in [-0.3, -0.25) is 0 Å². The lowest BCUT2D eigenvalue weighted by molar-refractivity contribution is -0.659. The number of benzene rings is 1. The predicted octanol–water partition coefficient (Wildman–Crippen LogP) is 2.08. The van der Waals surface area contributed by atoms with Crippen LogP contribution in [0.25, 0.3) is 17.6 Å². The van der Waals surface area contributed by atoms with Gasteiger partial charge in [-0.15, -0.1) is 0 Å². The molecule has 0 radical (unpaired) electrons. The molecule has 1 aromatic carbocycles. The van der Waals surface area contributed by atoms with Gasteiger partial charge in [0.2, 0.25) is 0 Å². The van der Waals surface area contributed by atoms with Gasteiger partial charge in [-0.05, 0) is 12.1 Å². The van der Waals surface area contributed by atoms with Crippen molar-refractivity contribution in [2.75, 3.05) is 0 Å². The van der Waals surface area contributed by atoms with Gasteiger partial charge in [0.05, 0.1) is 18.8 Å². The Morgan fingerprint density at radius 1 is 1.29 bits per heavy atom. The number of rotatable bonds is 2. The summed E-state index contributed by atoms with van der Waals surface area (Å²) in [5.74, 6) is 1.14. The molecule has 0 amide bonds. The third-order valence-corrected chi connectivity index (χ3v) is 2.26. The molecule has 14 heavy (non-hydrogen) atoms. The first kappa shape index (κ1) is 8.75. The average Bonchev–Trinajstić information content (AvgIpc) is 2.61.